The van der Waals surface area contributed by atoms with E-state index in [1.165, 1.54) is 13.4 Å². The number of hydrogen-bond donors (Lipinski definition) is 2. The zero-order chi connectivity index (χ0) is 13.0. The molecular weight excluding hydrogens is 234 g/mol. The highest BCUT2D eigenvalue weighted by Gasteiger charge is 2.12. The lowest BCUT2D eigenvalue weighted by molar-refractivity contribution is 0.0947. The highest BCUT2D eigenvalue weighted by molar-refractivity contribution is 5.97. The van der Waals surface area contributed by atoms with Crippen LogP contribution in [-0.4, -0.2) is 18.2 Å². The van der Waals surface area contributed by atoms with Crippen LogP contribution in [-0.2, 0) is 6.54 Å². The predicted octanol–water partition coefficient (Wildman–Crippen LogP) is 1.20. The maximum Gasteiger partial charge on any atom is 0.255 e. The van der Waals surface area contributed by atoms with Crippen molar-refractivity contribution in [2.24, 2.45) is 0 Å². The fourth-order valence-corrected chi connectivity index (χ4v) is 1.49. The van der Waals surface area contributed by atoms with Crippen LogP contribution < -0.4 is 15.8 Å². The number of hydrogen-bond acceptors (Lipinski definition) is 5. The van der Waals surface area contributed by atoms with Gasteiger partial charge in [0, 0.05) is 17.8 Å². The number of ether oxygens (including phenoxy) is 1. The molecule has 0 unspecified atom stereocenters. The van der Waals surface area contributed by atoms with E-state index in [0.29, 0.717) is 29.2 Å². The Morgan fingerprint density at radius 1 is 1.50 bits per heavy atom. The highest BCUT2D eigenvalue weighted by atomic mass is 16.5. The van der Waals surface area contributed by atoms with Crippen molar-refractivity contribution >= 4 is 11.6 Å². The van der Waals surface area contributed by atoms with Crippen LogP contribution >= 0.6 is 0 Å². The molecule has 0 saturated carbocycles. The van der Waals surface area contributed by atoms with Gasteiger partial charge < -0.3 is 20.3 Å². The van der Waals surface area contributed by atoms with Crippen LogP contribution in [0, 0.1) is 0 Å². The molecule has 0 aliphatic carbocycles. The number of rotatable bonds is 4. The van der Waals surface area contributed by atoms with Crippen molar-refractivity contribution in [3.63, 3.8) is 0 Å². The van der Waals surface area contributed by atoms with Gasteiger partial charge in [-0.1, -0.05) is 5.16 Å². The van der Waals surface area contributed by atoms with E-state index in [4.69, 9.17) is 10.5 Å². The Labute approximate surface area is 104 Å². The number of anilines is 1. The number of carbonyl (C=O) groups excluding carboxylic acids is 1. The van der Waals surface area contributed by atoms with E-state index >= 15 is 0 Å². The Morgan fingerprint density at radius 3 is 3.00 bits per heavy atom. The molecule has 0 atom stereocenters. The molecule has 3 N–H and O–H groups in total. The van der Waals surface area contributed by atoms with Crippen LogP contribution in [0.25, 0.3) is 0 Å². The van der Waals surface area contributed by atoms with Crippen molar-refractivity contribution in [2.45, 2.75) is 6.54 Å². The smallest absolute Gasteiger partial charge is 0.255 e. The van der Waals surface area contributed by atoms with Gasteiger partial charge in [-0.15, -0.1) is 0 Å². The first kappa shape index (κ1) is 12.0. The molecule has 2 rings (SSSR count). The standard InChI is InChI=1S/C12H13N3O3/c1-17-11-6-8(13)2-3-10(11)12(16)14-7-9-4-5-18-15-9/h2-6H,7,13H2,1H3,(H,14,16). The third kappa shape index (κ3) is 2.60. The summed E-state index contributed by atoms with van der Waals surface area (Å²) in [7, 11) is 1.49. The van der Waals surface area contributed by atoms with Crippen LogP contribution in [0.3, 0.4) is 0 Å². The number of amides is 1. The minimum atomic E-state index is -0.255. The number of nitrogens with one attached hydrogen (secondary N) is 1. The van der Waals surface area contributed by atoms with Crippen LogP contribution in [0.4, 0.5) is 5.69 Å². The third-order valence-corrected chi connectivity index (χ3v) is 2.39. The average Bonchev–Trinajstić information content (AvgIpc) is 2.88. The zero-order valence-electron chi connectivity index (χ0n) is 9.84. The molecule has 0 aliphatic heterocycles. The molecule has 6 heteroatoms. The number of aromatic nitrogens is 1. The number of methoxy groups -OCH3 is 1. The molecule has 18 heavy (non-hydrogen) atoms. The molecule has 94 valence electrons. The first-order valence-corrected chi connectivity index (χ1v) is 5.31. The van der Waals surface area contributed by atoms with E-state index in [9.17, 15) is 4.79 Å². The molecule has 1 aromatic heterocycles. The molecular formula is C12H13N3O3. The number of nitrogens with zero attached hydrogens (tertiary/aromatic N) is 1. The summed E-state index contributed by atoms with van der Waals surface area (Å²) in [5, 5.41) is 6.41. The molecule has 1 aromatic carbocycles. The largest absolute Gasteiger partial charge is 0.496 e. The van der Waals surface area contributed by atoms with E-state index in [-0.39, 0.29) is 5.91 Å². The summed E-state index contributed by atoms with van der Waals surface area (Å²) in [6.07, 6.45) is 1.45. The summed E-state index contributed by atoms with van der Waals surface area (Å²) < 4.78 is 9.78. The Morgan fingerprint density at radius 2 is 2.33 bits per heavy atom. The van der Waals surface area contributed by atoms with Crippen molar-refractivity contribution in [1.82, 2.24) is 10.5 Å². The maximum atomic E-state index is 11.9. The van der Waals surface area contributed by atoms with Gasteiger partial charge in [0.05, 0.1) is 19.2 Å². The van der Waals surface area contributed by atoms with Gasteiger partial charge in [0.25, 0.3) is 5.91 Å². The summed E-state index contributed by atoms with van der Waals surface area (Å²) in [5.74, 6) is 0.183. The summed E-state index contributed by atoms with van der Waals surface area (Å²) >= 11 is 0. The van der Waals surface area contributed by atoms with Crippen LogP contribution in [0.15, 0.2) is 35.1 Å². The fourth-order valence-electron chi connectivity index (χ4n) is 1.49. The quantitative estimate of drug-likeness (QED) is 0.792. The Balaban J connectivity index is 2.09. The number of nitrogens with two attached hydrogens (primary N) is 1. The first-order valence-electron chi connectivity index (χ1n) is 5.31. The summed E-state index contributed by atoms with van der Waals surface area (Å²) in [4.78, 5) is 11.9. The molecule has 0 fully saturated rings. The third-order valence-electron chi connectivity index (χ3n) is 2.39. The number of carbonyl (C=O) groups is 1. The topological polar surface area (TPSA) is 90.4 Å². The van der Waals surface area contributed by atoms with Gasteiger partial charge in [-0.2, -0.15) is 0 Å². The second-order valence-electron chi connectivity index (χ2n) is 3.63. The molecule has 0 spiro atoms. The summed E-state index contributed by atoms with van der Waals surface area (Å²) in [6.45, 7) is 0.295. The normalized spacial score (nSPS) is 10.1. The molecule has 0 saturated heterocycles. The second kappa shape index (κ2) is 5.22. The van der Waals surface area contributed by atoms with E-state index < -0.39 is 0 Å². The fraction of sp³-hybridized carbons (Fsp3) is 0.167. The van der Waals surface area contributed by atoms with Crippen molar-refractivity contribution < 1.29 is 14.1 Å². The van der Waals surface area contributed by atoms with Gasteiger partial charge in [-0.3, -0.25) is 4.79 Å². The van der Waals surface area contributed by atoms with Gasteiger partial charge in [-0.05, 0) is 12.1 Å². The van der Waals surface area contributed by atoms with E-state index in [1.54, 1.807) is 24.3 Å². The van der Waals surface area contributed by atoms with Crippen molar-refractivity contribution in [1.29, 1.82) is 0 Å². The maximum absolute atomic E-state index is 11.9. The average molecular weight is 247 g/mol. The lowest BCUT2D eigenvalue weighted by atomic mass is 10.1. The Kier molecular flexibility index (Phi) is 3.47. The zero-order valence-corrected chi connectivity index (χ0v) is 9.84. The Bertz CT molecular complexity index is 538. The van der Waals surface area contributed by atoms with E-state index in [0.717, 1.165) is 0 Å². The van der Waals surface area contributed by atoms with E-state index in [1.807, 2.05) is 0 Å². The molecule has 0 radical (unpaired) electrons. The number of benzene rings is 1. The van der Waals surface area contributed by atoms with Gasteiger partial charge in [0.15, 0.2) is 0 Å². The van der Waals surface area contributed by atoms with Gasteiger partial charge in [-0.25, -0.2) is 0 Å². The molecule has 1 heterocycles. The van der Waals surface area contributed by atoms with E-state index in [2.05, 4.69) is 15.0 Å². The van der Waals surface area contributed by atoms with Gasteiger partial charge >= 0.3 is 0 Å². The second-order valence-corrected chi connectivity index (χ2v) is 3.63. The van der Waals surface area contributed by atoms with Crippen LogP contribution in [0.2, 0.25) is 0 Å². The van der Waals surface area contributed by atoms with Crippen molar-refractivity contribution in [3.05, 3.63) is 41.8 Å². The molecule has 2 aromatic rings. The number of nitrogen functional groups attached to an aromatic ring is 1. The van der Waals surface area contributed by atoms with Crippen molar-refractivity contribution in [2.75, 3.05) is 12.8 Å². The Hall–Kier alpha value is -2.50. The van der Waals surface area contributed by atoms with Crippen molar-refractivity contribution in [3.8, 4) is 5.75 Å². The molecule has 0 bridgehead atoms. The minimum absolute atomic E-state index is 0.255. The highest BCUT2D eigenvalue weighted by Crippen LogP contribution is 2.21. The summed E-state index contributed by atoms with van der Waals surface area (Å²) in [6, 6.07) is 6.55. The van der Waals surface area contributed by atoms with Gasteiger partial charge in [0.2, 0.25) is 0 Å². The first-order chi connectivity index (χ1) is 8.70. The minimum Gasteiger partial charge on any atom is -0.496 e. The van der Waals surface area contributed by atoms with Crippen LogP contribution in [0.5, 0.6) is 5.75 Å². The molecule has 1 amide bonds. The van der Waals surface area contributed by atoms with Gasteiger partial charge in [0.1, 0.15) is 17.7 Å². The molecule has 0 aliphatic rings. The monoisotopic (exact) mass is 247 g/mol. The molecule has 6 nitrogen and oxygen atoms in total. The SMILES string of the molecule is COc1cc(N)ccc1C(=O)NCc1ccon1. The summed E-state index contributed by atoms with van der Waals surface area (Å²) in [5.41, 5.74) is 7.24. The predicted molar refractivity (Wildman–Crippen MR) is 65.1 cm³/mol. The lowest BCUT2D eigenvalue weighted by Crippen LogP contribution is -2.23. The van der Waals surface area contributed by atoms with Crippen LogP contribution in [0.1, 0.15) is 16.1 Å². The lowest BCUT2D eigenvalue weighted by Gasteiger charge is -2.09.